The van der Waals surface area contributed by atoms with Gasteiger partial charge in [0.1, 0.15) is 16.5 Å². The Balaban J connectivity index is 2.29. The van der Waals surface area contributed by atoms with Gasteiger partial charge in [-0.2, -0.15) is 0 Å². The van der Waals surface area contributed by atoms with Crippen molar-refractivity contribution in [3.05, 3.63) is 53.1 Å². The van der Waals surface area contributed by atoms with Gasteiger partial charge in [0.25, 0.3) is 0 Å². The van der Waals surface area contributed by atoms with Gasteiger partial charge in [0.05, 0.1) is 5.56 Å². The SMILES string of the molecule is CSc1ccc(Oc2ccc(Cl)cc2C(N)=S)cc1. The van der Waals surface area contributed by atoms with E-state index in [4.69, 9.17) is 34.3 Å². The molecule has 0 aromatic heterocycles. The van der Waals surface area contributed by atoms with Crippen LogP contribution in [0.2, 0.25) is 5.02 Å². The molecule has 0 aliphatic carbocycles. The summed E-state index contributed by atoms with van der Waals surface area (Å²) in [4.78, 5) is 1.44. The van der Waals surface area contributed by atoms with E-state index >= 15 is 0 Å². The summed E-state index contributed by atoms with van der Waals surface area (Å²) in [6, 6.07) is 13.0. The molecular formula is C14H12ClNOS2. The summed E-state index contributed by atoms with van der Waals surface area (Å²) in [5.74, 6) is 1.34. The molecule has 0 radical (unpaired) electrons. The zero-order valence-corrected chi connectivity index (χ0v) is 12.6. The molecule has 0 saturated heterocycles. The van der Waals surface area contributed by atoms with E-state index in [-0.39, 0.29) is 4.99 Å². The fourth-order valence-electron chi connectivity index (χ4n) is 1.55. The van der Waals surface area contributed by atoms with Crippen LogP contribution in [0.25, 0.3) is 0 Å². The predicted octanol–water partition coefficient (Wildman–Crippen LogP) is 4.49. The maximum atomic E-state index is 5.93. The van der Waals surface area contributed by atoms with E-state index in [1.807, 2.05) is 30.5 Å². The molecule has 98 valence electrons. The molecular weight excluding hydrogens is 298 g/mol. The molecule has 0 bridgehead atoms. The van der Waals surface area contributed by atoms with Crippen molar-refractivity contribution in [2.24, 2.45) is 5.73 Å². The first kappa shape index (κ1) is 14.2. The first-order valence-electron chi connectivity index (χ1n) is 5.51. The highest BCUT2D eigenvalue weighted by molar-refractivity contribution is 7.98. The number of rotatable bonds is 4. The van der Waals surface area contributed by atoms with Crippen molar-refractivity contribution in [1.29, 1.82) is 0 Å². The van der Waals surface area contributed by atoms with E-state index in [2.05, 4.69) is 0 Å². The lowest BCUT2D eigenvalue weighted by molar-refractivity contribution is 0.481. The third kappa shape index (κ3) is 3.62. The molecule has 0 aliphatic rings. The van der Waals surface area contributed by atoms with Crippen molar-refractivity contribution in [2.45, 2.75) is 4.90 Å². The molecule has 0 aliphatic heterocycles. The number of ether oxygens (including phenoxy) is 1. The maximum Gasteiger partial charge on any atom is 0.137 e. The smallest absolute Gasteiger partial charge is 0.137 e. The Kier molecular flexibility index (Phi) is 4.69. The molecule has 2 rings (SSSR count). The number of thiocarbonyl (C=S) groups is 1. The van der Waals surface area contributed by atoms with Crippen LogP contribution in [-0.4, -0.2) is 11.2 Å². The molecule has 2 aromatic rings. The Labute approximate surface area is 126 Å². The number of hydrogen-bond donors (Lipinski definition) is 1. The van der Waals surface area contributed by atoms with E-state index in [9.17, 15) is 0 Å². The summed E-state index contributed by atoms with van der Waals surface area (Å²) < 4.78 is 5.79. The van der Waals surface area contributed by atoms with Gasteiger partial charge in [0, 0.05) is 9.92 Å². The average Bonchev–Trinajstić information content (AvgIpc) is 2.41. The zero-order valence-electron chi connectivity index (χ0n) is 10.2. The first-order valence-corrected chi connectivity index (χ1v) is 7.52. The molecule has 0 amide bonds. The second kappa shape index (κ2) is 6.28. The minimum atomic E-state index is 0.262. The molecule has 0 fully saturated rings. The van der Waals surface area contributed by atoms with Crippen LogP contribution < -0.4 is 10.5 Å². The van der Waals surface area contributed by atoms with Crippen LogP contribution in [0, 0.1) is 0 Å². The van der Waals surface area contributed by atoms with Crippen LogP contribution in [0.4, 0.5) is 0 Å². The highest BCUT2D eigenvalue weighted by Gasteiger charge is 2.08. The molecule has 0 spiro atoms. The minimum Gasteiger partial charge on any atom is -0.457 e. The van der Waals surface area contributed by atoms with Gasteiger partial charge >= 0.3 is 0 Å². The number of halogens is 1. The molecule has 0 heterocycles. The maximum absolute atomic E-state index is 5.93. The lowest BCUT2D eigenvalue weighted by Gasteiger charge is -2.11. The summed E-state index contributed by atoms with van der Waals surface area (Å²) in [6.45, 7) is 0. The van der Waals surface area contributed by atoms with Gasteiger partial charge in [-0.1, -0.05) is 23.8 Å². The molecule has 0 atom stereocenters. The normalized spacial score (nSPS) is 10.2. The van der Waals surface area contributed by atoms with Crippen molar-refractivity contribution >= 4 is 40.6 Å². The van der Waals surface area contributed by atoms with Crippen LogP contribution in [0.5, 0.6) is 11.5 Å². The van der Waals surface area contributed by atoms with E-state index in [1.54, 1.807) is 30.0 Å². The third-order valence-electron chi connectivity index (χ3n) is 2.49. The van der Waals surface area contributed by atoms with E-state index < -0.39 is 0 Å². The van der Waals surface area contributed by atoms with E-state index in [1.165, 1.54) is 4.90 Å². The van der Waals surface area contributed by atoms with Crippen LogP contribution >= 0.6 is 35.6 Å². The summed E-state index contributed by atoms with van der Waals surface area (Å²) in [6.07, 6.45) is 2.03. The molecule has 0 saturated carbocycles. The molecule has 2 nitrogen and oxygen atoms in total. The summed E-state index contributed by atoms with van der Waals surface area (Å²) in [5, 5.41) is 0.577. The van der Waals surface area contributed by atoms with Crippen LogP contribution in [-0.2, 0) is 0 Å². The van der Waals surface area contributed by atoms with E-state index in [0.717, 1.165) is 5.75 Å². The number of thioether (sulfide) groups is 1. The van der Waals surface area contributed by atoms with Crippen LogP contribution in [0.1, 0.15) is 5.56 Å². The second-order valence-corrected chi connectivity index (χ2v) is 5.54. The van der Waals surface area contributed by atoms with Crippen molar-refractivity contribution < 1.29 is 4.74 Å². The van der Waals surface area contributed by atoms with Crippen LogP contribution in [0.3, 0.4) is 0 Å². The second-order valence-electron chi connectivity index (χ2n) is 3.78. The Morgan fingerprint density at radius 3 is 2.47 bits per heavy atom. The molecule has 5 heteroatoms. The standard InChI is InChI=1S/C14H12ClNOS2/c1-19-11-5-3-10(4-6-11)17-13-7-2-9(15)8-12(13)14(16)18/h2-8H,1H3,(H2,16,18). The third-order valence-corrected chi connectivity index (χ3v) is 3.69. The number of nitrogens with two attached hydrogens (primary N) is 1. The molecule has 2 aromatic carbocycles. The minimum absolute atomic E-state index is 0.262. The highest BCUT2D eigenvalue weighted by Crippen LogP contribution is 2.29. The van der Waals surface area contributed by atoms with Gasteiger partial charge in [0.2, 0.25) is 0 Å². The molecule has 0 unspecified atom stereocenters. The quantitative estimate of drug-likeness (QED) is 0.667. The zero-order chi connectivity index (χ0) is 13.8. The predicted molar refractivity (Wildman–Crippen MR) is 85.6 cm³/mol. The van der Waals surface area contributed by atoms with Crippen molar-refractivity contribution in [3.63, 3.8) is 0 Å². The van der Waals surface area contributed by atoms with Crippen molar-refractivity contribution in [2.75, 3.05) is 6.26 Å². The van der Waals surface area contributed by atoms with E-state index in [0.29, 0.717) is 16.3 Å². The van der Waals surface area contributed by atoms with Gasteiger partial charge in [-0.3, -0.25) is 0 Å². The van der Waals surface area contributed by atoms with Crippen LogP contribution in [0.15, 0.2) is 47.4 Å². The lowest BCUT2D eigenvalue weighted by Crippen LogP contribution is -2.10. The van der Waals surface area contributed by atoms with Crippen molar-refractivity contribution in [1.82, 2.24) is 0 Å². The monoisotopic (exact) mass is 309 g/mol. The average molecular weight is 310 g/mol. The first-order chi connectivity index (χ1) is 9.10. The highest BCUT2D eigenvalue weighted by atomic mass is 35.5. The van der Waals surface area contributed by atoms with Gasteiger partial charge in [-0.15, -0.1) is 11.8 Å². The fourth-order valence-corrected chi connectivity index (χ4v) is 2.29. The summed E-state index contributed by atoms with van der Waals surface area (Å²) in [5.41, 5.74) is 6.31. The largest absolute Gasteiger partial charge is 0.457 e. The van der Waals surface area contributed by atoms with Gasteiger partial charge < -0.3 is 10.5 Å². The Morgan fingerprint density at radius 1 is 1.21 bits per heavy atom. The number of hydrogen-bond acceptors (Lipinski definition) is 3. The molecule has 19 heavy (non-hydrogen) atoms. The van der Waals surface area contributed by atoms with Gasteiger partial charge in [-0.05, 0) is 48.7 Å². The summed E-state index contributed by atoms with van der Waals surface area (Å²) in [7, 11) is 0. The van der Waals surface area contributed by atoms with Gasteiger partial charge in [-0.25, -0.2) is 0 Å². The Bertz CT molecular complexity index is 599. The Morgan fingerprint density at radius 2 is 1.89 bits per heavy atom. The Hall–Kier alpha value is -1.23. The lowest BCUT2D eigenvalue weighted by atomic mass is 10.2. The fraction of sp³-hybridized carbons (Fsp3) is 0.0714. The number of benzene rings is 2. The molecule has 2 N–H and O–H groups in total. The summed E-state index contributed by atoms with van der Waals surface area (Å²) >= 11 is 12.6. The van der Waals surface area contributed by atoms with Crippen molar-refractivity contribution in [3.8, 4) is 11.5 Å². The van der Waals surface area contributed by atoms with Gasteiger partial charge in [0.15, 0.2) is 0 Å². The topological polar surface area (TPSA) is 35.2 Å².